The highest BCUT2D eigenvalue weighted by Gasteiger charge is 2.14. The van der Waals surface area contributed by atoms with Crippen molar-refractivity contribution < 1.29 is 14.6 Å². The van der Waals surface area contributed by atoms with Crippen molar-refractivity contribution in [2.75, 3.05) is 7.11 Å². The quantitative estimate of drug-likeness (QED) is 0.850. The van der Waals surface area contributed by atoms with Crippen molar-refractivity contribution in [3.05, 3.63) is 60.7 Å². The standard InChI is InChI=1S/C16H14O3/c1-11(16(17)18)15-10-13(19-2)8-9-14(15)12-6-4-3-5-7-12/h3-10H,1H2,2H3,(H,17,18). The first-order valence-electron chi connectivity index (χ1n) is 5.79. The summed E-state index contributed by atoms with van der Waals surface area (Å²) in [5.74, 6) is -0.428. The van der Waals surface area contributed by atoms with Gasteiger partial charge >= 0.3 is 5.97 Å². The molecule has 0 heterocycles. The normalized spacial score (nSPS) is 9.95. The first-order valence-corrected chi connectivity index (χ1v) is 5.79. The Hall–Kier alpha value is -2.55. The summed E-state index contributed by atoms with van der Waals surface area (Å²) in [6, 6.07) is 14.9. The zero-order valence-corrected chi connectivity index (χ0v) is 10.6. The lowest BCUT2D eigenvalue weighted by Crippen LogP contribution is -2.00. The Morgan fingerprint density at radius 3 is 2.42 bits per heavy atom. The summed E-state index contributed by atoms with van der Waals surface area (Å²) in [6.45, 7) is 3.63. The third-order valence-corrected chi connectivity index (χ3v) is 2.89. The van der Waals surface area contributed by atoms with Gasteiger partial charge in [0.2, 0.25) is 0 Å². The van der Waals surface area contributed by atoms with Gasteiger partial charge in [-0.2, -0.15) is 0 Å². The van der Waals surface area contributed by atoms with E-state index >= 15 is 0 Å². The predicted molar refractivity (Wildman–Crippen MR) is 75.1 cm³/mol. The minimum Gasteiger partial charge on any atom is -0.497 e. The summed E-state index contributed by atoms with van der Waals surface area (Å²) < 4.78 is 5.14. The van der Waals surface area contributed by atoms with Gasteiger partial charge in [0.1, 0.15) is 5.75 Å². The van der Waals surface area contributed by atoms with Crippen LogP contribution in [0.25, 0.3) is 16.7 Å². The zero-order chi connectivity index (χ0) is 13.8. The van der Waals surface area contributed by atoms with Gasteiger partial charge in [0.25, 0.3) is 0 Å². The number of ether oxygens (including phenoxy) is 1. The zero-order valence-electron chi connectivity index (χ0n) is 10.6. The maximum absolute atomic E-state index is 11.1. The number of rotatable bonds is 4. The van der Waals surface area contributed by atoms with Crippen molar-refractivity contribution in [2.24, 2.45) is 0 Å². The first-order chi connectivity index (χ1) is 9.13. The molecule has 3 heteroatoms. The Balaban J connectivity index is 2.61. The molecule has 0 unspecified atom stereocenters. The second-order valence-corrected chi connectivity index (χ2v) is 4.06. The van der Waals surface area contributed by atoms with Crippen LogP contribution in [-0.4, -0.2) is 18.2 Å². The molecule has 2 rings (SSSR count). The third kappa shape index (κ3) is 2.65. The number of methoxy groups -OCH3 is 1. The van der Waals surface area contributed by atoms with Gasteiger partial charge in [0.05, 0.1) is 12.7 Å². The van der Waals surface area contributed by atoms with Crippen LogP contribution in [0.2, 0.25) is 0 Å². The number of carbonyl (C=O) groups is 1. The molecule has 0 aliphatic rings. The lowest BCUT2D eigenvalue weighted by atomic mass is 9.95. The number of hydrogen-bond acceptors (Lipinski definition) is 2. The van der Waals surface area contributed by atoms with E-state index in [0.29, 0.717) is 11.3 Å². The van der Waals surface area contributed by atoms with Crippen LogP contribution < -0.4 is 4.74 Å². The van der Waals surface area contributed by atoms with E-state index in [1.165, 1.54) is 0 Å². The summed E-state index contributed by atoms with van der Waals surface area (Å²) in [6.07, 6.45) is 0. The van der Waals surface area contributed by atoms with E-state index in [1.54, 1.807) is 19.2 Å². The molecule has 2 aromatic carbocycles. The Morgan fingerprint density at radius 1 is 1.16 bits per heavy atom. The van der Waals surface area contributed by atoms with E-state index in [0.717, 1.165) is 11.1 Å². The number of carboxylic acids is 1. The monoisotopic (exact) mass is 254 g/mol. The van der Waals surface area contributed by atoms with Crippen LogP contribution in [0.1, 0.15) is 5.56 Å². The molecule has 19 heavy (non-hydrogen) atoms. The molecule has 0 aliphatic heterocycles. The molecule has 0 saturated heterocycles. The van der Waals surface area contributed by atoms with Crippen molar-refractivity contribution in [3.63, 3.8) is 0 Å². The smallest absolute Gasteiger partial charge is 0.335 e. The summed E-state index contributed by atoms with van der Waals surface area (Å²) >= 11 is 0. The van der Waals surface area contributed by atoms with Gasteiger partial charge in [0, 0.05) is 0 Å². The molecular formula is C16H14O3. The molecule has 3 nitrogen and oxygen atoms in total. The Bertz CT molecular complexity index is 615. The lowest BCUT2D eigenvalue weighted by Gasteiger charge is -2.11. The molecule has 0 aliphatic carbocycles. The highest BCUT2D eigenvalue weighted by molar-refractivity contribution is 6.16. The maximum Gasteiger partial charge on any atom is 0.335 e. The molecule has 96 valence electrons. The molecule has 0 amide bonds. The first kappa shape index (κ1) is 12.9. The molecule has 0 fully saturated rings. The number of aliphatic carboxylic acids is 1. The maximum atomic E-state index is 11.1. The van der Waals surface area contributed by atoms with Gasteiger partial charge in [-0.3, -0.25) is 0 Å². The van der Waals surface area contributed by atoms with E-state index in [9.17, 15) is 4.79 Å². The third-order valence-electron chi connectivity index (χ3n) is 2.89. The lowest BCUT2D eigenvalue weighted by molar-refractivity contribution is -0.130. The van der Waals surface area contributed by atoms with Crippen molar-refractivity contribution in [1.29, 1.82) is 0 Å². The van der Waals surface area contributed by atoms with E-state index in [-0.39, 0.29) is 5.57 Å². The van der Waals surface area contributed by atoms with Crippen molar-refractivity contribution in [2.45, 2.75) is 0 Å². The molecular weight excluding hydrogens is 240 g/mol. The summed E-state index contributed by atoms with van der Waals surface area (Å²) in [4.78, 5) is 11.1. The van der Waals surface area contributed by atoms with Gasteiger partial charge in [-0.05, 0) is 28.8 Å². The number of carboxylic acid groups (broad SMARTS) is 1. The molecule has 0 aromatic heterocycles. The Kier molecular flexibility index (Phi) is 3.66. The summed E-state index contributed by atoms with van der Waals surface area (Å²) in [5.41, 5.74) is 2.40. The number of hydrogen-bond donors (Lipinski definition) is 1. The molecule has 0 radical (unpaired) electrons. The molecule has 0 bridgehead atoms. The second kappa shape index (κ2) is 5.40. The number of benzene rings is 2. The fourth-order valence-electron chi connectivity index (χ4n) is 1.88. The molecule has 0 spiro atoms. The van der Waals surface area contributed by atoms with Crippen LogP contribution in [0.4, 0.5) is 0 Å². The van der Waals surface area contributed by atoms with Gasteiger partial charge in [0.15, 0.2) is 0 Å². The Labute approximate surface area is 111 Å². The molecule has 1 N–H and O–H groups in total. The minimum absolute atomic E-state index is 0.0535. The molecule has 0 saturated carbocycles. The highest BCUT2D eigenvalue weighted by atomic mass is 16.5. The Morgan fingerprint density at radius 2 is 1.84 bits per heavy atom. The van der Waals surface area contributed by atoms with Gasteiger partial charge in [-0.25, -0.2) is 4.79 Å². The van der Waals surface area contributed by atoms with E-state index in [4.69, 9.17) is 9.84 Å². The molecule has 2 aromatic rings. The highest BCUT2D eigenvalue weighted by Crippen LogP contribution is 2.31. The van der Waals surface area contributed by atoms with Crippen LogP contribution in [0, 0.1) is 0 Å². The fourth-order valence-corrected chi connectivity index (χ4v) is 1.88. The van der Waals surface area contributed by atoms with Crippen molar-refractivity contribution >= 4 is 11.5 Å². The van der Waals surface area contributed by atoms with Crippen LogP contribution >= 0.6 is 0 Å². The van der Waals surface area contributed by atoms with Crippen LogP contribution in [0.5, 0.6) is 5.75 Å². The van der Waals surface area contributed by atoms with Crippen LogP contribution in [0.15, 0.2) is 55.1 Å². The van der Waals surface area contributed by atoms with E-state index in [2.05, 4.69) is 6.58 Å². The van der Waals surface area contributed by atoms with Crippen LogP contribution in [0.3, 0.4) is 0 Å². The van der Waals surface area contributed by atoms with Crippen molar-refractivity contribution in [3.8, 4) is 16.9 Å². The summed E-state index contributed by atoms with van der Waals surface area (Å²) in [7, 11) is 1.55. The van der Waals surface area contributed by atoms with Crippen LogP contribution in [-0.2, 0) is 4.79 Å². The van der Waals surface area contributed by atoms with Gasteiger partial charge in [-0.15, -0.1) is 0 Å². The second-order valence-electron chi connectivity index (χ2n) is 4.06. The summed E-state index contributed by atoms with van der Waals surface area (Å²) in [5, 5.41) is 9.13. The van der Waals surface area contributed by atoms with Gasteiger partial charge in [-0.1, -0.05) is 43.0 Å². The predicted octanol–water partition coefficient (Wildman–Crippen LogP) is 3.46. The van der Waals surface area contributed by atoms with E-state index < -0.39 is 5.97 Å². The minimum atomic E-state index is -1.04. The fraction of sp³-hybridized carbons (Fsp3) is 0.0625. The average molecular weight is 254 g/mol. The topological polar surface area (TPSA) is 46.5 Å². The molecule has 0 atom stereocenters. The van der Waals surface area contributed by atoms with Gasteiger partial charge < -0.3 is 9.84 Å². The van der Waals surface area contributed by atoms with Crippen molar-refractivity contribution in [1.82, 2.24) is 0 Å². The SMILES string of the molecule is C=C(C(=O)O)c1cc(OC)ccc1-c1ccccc1. The average Bonchev–Trinajstić information content (AvgIpc) is 2.46. The van der Waals surface area contributed by atoms with E-state index in [1.807, 2.05) is 36.4 Å². The largest absolute Gasteiger partial charge is 0.497 e.